The van der Waals surface area contributed by atoms with Crippen molar-refractivity contribution in [3.05, 3.63) is 55.7 Å². The number of rotatable bonds is 4. The van der Waals surface area contributed by atoms with Crippen LogP contribution in [0.3, 0.4) is 0 Å². The zero-order chi connectivity index (χ0) is 14.0. The lowest BCUT2D eigenvalue weighted by Gasteiger charge is -2.16. The highest BCUT2D eigenvalue weighted by Crippen LogP contribution is 2.32. The summed E-state index contributed by atoms with van der Waals surface area (Å²) in [7, 11) is 2.01. The second kappa shape index (κ2) is 6.08. The normalized spacial score (nSPS) is 12.7. The molecule has 0 spiro atoms. The predicted octanol–water partition coefficient (Wildman–Crippen LogP) is 4.83. The lowest BCUT2D eigenvalue weighted by Crippen LogP contribution is -2.18. The minimum atomic E-state index is 0.330. The molecule has 0 saturated heterocycles. The first-order valence-corrected chi connectivity index (χ1v) is 7.70. The summed E-state index contributed by atoms with van der Waals surface area (Å²) in [4.78, 5) is 1.31. The van der Waals surface area contributed by atoms with Crippen molar-refractivity contribution < 1.29 is 0 Å². The Bertz CT molecular complexity index is 555. The second-order valence-corrected chi connectivity index (χ2v) is 6.77. The van der Waals surface area contributed by atoms with E-state index in [1.165, 1.54) is 27.1 Å². The molecule has 1 unspecified atom stereocenters. The largest absolute Gasteiger partial charge is 0.312 e. The Morgan fingerprint density at radius 2 is 1.89 bits per heavy atom. The van der Waals surface area contributed by atoms with Crippen LogP contribution in [-0.4, -0.2) is 7.05 Å². The summed E-state index contributed by atoms with van der Waals surface area (Å²) in [6.45, 7) is 6.38. The number of hydrogen-bond donors (Lipinski definition) is 1. The van der Waals surface area contributed by atoms with Crippen molar-refractivity contribution in [2.75, 3.05) is 7.05 Å². The van der Waals surface area contributed by atoms with Crippen LogP contribution in [0.15, 0.2) is 24.3 Å². The molecule has 1 aromatic heterocycles. The Morgan fingerprint density at radius 3 is 2.47 bits per heavy atom. The summed E-state index contributed by atoms with van der Waals surface area (Å²) in [6, 6.07) is 9.17. The standard InChI is InChI=1S/C16H20ClNS/c1-10-5-6-11(2)13(7-10)9-14(18-4)15-8-12(3)16(17)19-15/h5-8,14,18H,9H2,1-4H3. The fourth-order valence-electron chi connectivity index (χ4n) is 2.24. The Morgan fingerprint density at radius 1 is 1.16 bits per heavy atom. The molecule has 0 radical (unpaired) electrons. The van der Waals surface area contributed by atoms with Gasteiger partial charge in [-0.1, -0.05) is 35.4 Å². The van der Waals surface area contributed by atoms with Gasteiger partial charge in [-0.15, -0.1) is 11.3 Å². The van der Waals surface area contributed by atoms with Gasteiger partial charge < -0.3 is 5.32 Å². The first kappa shape index (κ1) is 14.6. The van der Waals surface area contributed by atoms with Crippen molar-refractivity contribution in [3.8, 4) is 0 Å². The van der Waals surface area contributed by atoms with E-state index < -0.39 is 0 Å². The van der Waals surface area contributed by atoms with Crippen molar-refractivity contribution in [2.24, 2.45) is 0 Å². The maximum Gasteiger partial charge on any atom is 0.0960 e. The first-order chi connectivity index (χ1) is 9.01. The molecule has 2 rings (SSSR count). The van der Waals surface area contributed by atoms with Gasteiger partial charge in [0, 0.05) is 10.9 Å². The van der Waals surface area contributed by atoms with Crippen LogP contribution in [-0.2, 0) is 6.42 Å². The molecular weight excluding hydrogens is 274 g/mol. The van der Waals surface area contributed by atoms with Crippen LogP contribution in [0.25, 0.3) is 0 Å². The summed E-state index contributed by atoms with van der Waals surface area (Å²) in [6.07, 6.45) is 1.00. The molecule has 3 heteroatoms. The lowest BCUT2D eigenvalue weighted by atomic mass is 9.98. The maximum absolute atomic E-state index is 6.18. The summed E-state index contributed by atoms with van der Waals surface area (Å²) in [5, 5.41) is 3.41. The molecule has 1 nitrogen and oxygen atoms in total. The van der Waals surface area contributed by atoms with E-state index in [0.29, 0.717) is 6.04 Å². The average Bonchev–Trinajstić information content (AvgIpc) is 2.70. The van der Waals surface area contributed by atoms with Crippen molar-refractivity contribution >= 4 is 22.9 Å². The van der Waals surface area contributed by atoms with Crippen molar-refractivity contribution in [1.82, 2.24) is 5.32 Å². The molecule has 0 aliphatic rings. The van der Waals surface area contributed by atoms with Crippen molar-refractivity contribution in [1.29, 1.82) is 0 Å². The number of nitrogens with one attached hydrogen (secondary N) is 1. The van der Waals surface area contributed by atoms with Crippen LogP contribution >= 0.6 is 22.9 Å². The minimum Gasteiger partial charge on any atom is -0.312 e. The fraction of sp³-hybridized carbons (Fsp3) is 0.375. The molecule has 0 bridgehead atoms. The predicted molar refractivity (Wildman–Crippen MR) is 85.5 cm³/mol. The third-order valence-corrected chi connectivity index (χ3v) is 5.17. The Hall–Kier alpha value is -0.830. The smallest absolute Gasteiger partial charge is 0.0960 e. The van der Waals surface area contributed by atoms with Crippen LogP contribution in [0, 0.1) is 20.8 Å². The van der Waals surface area contributed by atoms with E-state index in [2.05, 4.69) is 50.4 Å². The zero-order valence-electron chi connectivity index (χ0n) is 11.9. The number of thiophene rings is 1. The molecule has 0 fully saturated rings. The van der Waals surface area contributed by atoms with Crippen LogP contribution < -0.4 is 5.32 Å². The molecular formula is C16H20ClNS. The third-order valence-electron chi connectivity index (χ3n) is 3.50. The highest BCUT2D eigenvalue weighted by Gasteiger charge is 2.15. The fourth-order valence-corrected chi connectivity index (χ4v) is 3.57. The molecule has 0 saturated carbocycles. The summed E-state index contributed by atoms with van der Waals surface area (Å²) < 4.78 is 0.899. The highest BCUT2D eigenvalue weighted by atomic mass is 35.5. The van der Waals surface area contributed by atoms with Crippen molar-refractivity contribution in [2.45, 2.75) is 33.2 Å². The van der Waals surface area contributed by atoms with Gasteiger partial charge in [0.15, 0.2) is 0 Å². The van der Waals surface area contributed by atoms with Crippen LogP contribution in [0.2, 0.25) is 4.34 Å². The van der Waals surface area contributed by atoms with E-state index in [4.69, 9.17) is 11.6 Å². The van der Waals surface area contributed by atoms with Gasteiger partial charge in [0.1, 0.15) is 0 Å². The van der Waals surface area contributed by atoms with E-state index in [-0.39, 0.29) is 0 Å². The first-order valence-electron chi connectivity index (χ1n) is 6.50. The Balaban J connectivity index is 2.26. The van der Waals surface area contributed by atoms with Gasteiger partial charge in [0.05, 0.1) is 4.34 Å². The molecule has 1 N–H and O–H groups in total. The zero-order valence-corrected chi connectivity index (χ0v) is 13.5. The number of aryl methyl sites for hydroxylation is 3. The summed E-state index contributed by atoms with van der Waals surface area (Å²) in [5.41, 5.74) is 5.24. The van der Waals surface area contributed by atoms with Crippen LogP contribution in [0.5, 0.6) is 0 Å². The van der Waals surface area contributed by atoms with Gasteiger partial charge >= 0.3 is 0 Å². The Kier molecular flexibility index (Phi) is 4.67. The quantitative estimate of drug-likeness (QED) is 0.851. The SMILES string of the molecule is CNC(Cc1cc(C)ccc1C)c1cc(C)c(Cl)s1. The number of halogens is 1. The molecule has 102 valence electrons. The Labute approximate surface area is 124 Å². The molecule has 1 heterocycles. The summed E-state index contributed by atoms with van der Waals surface area (Å²) in [5.74, 6) is 0. The summed E-state index contributed by atoms with van der Waals surface area (Å²) >= 11 is 7.86. The van der Waals surface area contributed by atoms with Gasteiger partial charge in [0.25, 0.3) is 0 Å². The highest BCUT2D eigenvalue weighted by molar-refractivity contribution is 7.16. The third kappa shape index (κ3) is 3.38. The monoisotopic (exact) mass is 293 g/mol. The van der Waals surface area contributed by atoms with E-state index in [9.17, 15) is 0 Å². The van der Waals surface area contributed by atoms with Crippen LogP contribution in [0.4, 0.5) is 0 Å². The molecule has 1 atom stereocenters. The average molecular weight is 294 g/mol. The van der Waals surface area contributed by atoms with E-state index in [0.717, 1.165) is 10.8 Å². The van der Waals surface area contributed by atoms with Gasteiger partial charge in [0.2, 0.25) is 0 Å². The van der Waals surface area contributed by atoms with Gasteiger partial charge in [-0.3, -0.25) is 0 Å². The van der Waals surface area contributed by atoms with Gasteiger partial charge in [-0.05, 0) is 57.0 Å². The van der Waals surface area contributed by atoms with Gasteiger partial charge in [-0.25, -0.2) is 0 Å². The number of benzene rings is 1. The molecule has 2 aromatic rings. The topological polar surface area (TPSA) is 12.0 Å². The van der Waals surface area contributed by atoms with E-state index in [1.807, 2.05) is 7.05 Å². The molecule has 0 aliphatic heterocycles. The van der Waals surface area contributed by atoms with Gasteiger partial charge in [-0.2, -0.15) is 0 Å². The van der Waals surface area contributed by atoms with Crippen LogP contribution in [0.1, 0.15) is 33.2 Å². The van der Waals surface area contributed by atoms with E-state index >= 15 is 0 Å². The molecule has 1 aromatic carbocycles. The molecule has 19 heavy (non-hydrogen) atoms. The number of hydrogen-bond acceptors (Lipinski definition) is 2. The second-order valence-electron chi connectivity index (χ2n) is 5.08. The maximum atomic E-state index is 6.18. The lowest BCUT2D eigenvalue weighted by molar-refractivity contribution is 0.600. The van der Waals surface area contributed by atoms with Crippen molar-refractivity contribution in [3.63, 3.8) is 0 Å². The molecule has 0 amide bonds. The minimum absolute atomic E-state index is 0.330. The molecule has 0 aliphatic carbocycles. The number of likely N-dealkylation sites (N-methyl/N-ethyl adjacent to an activating group) is 1. The van der Waals surface area contributed by atoms with E-state index in [1.54, 1.807) is 11.3 Å².